The molecule has 6 aromatic carbocycles. The third-order valence-electron chi connectivity index (χ3n) is 20.0. The van der Waals surface area contributed by atoms with Gasteiger partial charge in [-0.05, 0) is 115 Å². The molecular weight excluding hydrogens is 1270 g/mol. The fourth-order valence-electron chi connectivity index (χ4n) is 14.6. The normalized spacial score (nSPS) is 23.8. The van der Waals surface area contributed by atoms with Crippen molar-refractivity contribution in [2.45, 2.75) is 154 Å². The van der Waals surface area contributed by atoms with Crippen LogP contribution in [0.25, 0.3) is 0 Å². The van der Waals surface area contributed by atoms with Crippen molar-refractivity contribution in [3.63, 3.8) is 0 Å². The number of aliphatic hydroxyl groups is 3. The summed E-state index contributed by atoms with van der Waals surface area (Å²) in [6.07, 6.45) is -4.62. The molecule has 20 nitrogen and oxygen atoms in total. The molecule has 2 saturated carbocycles. The Kier molecular flexibility index (Phi) is 23.3. The molecule has 100 heavy (non-hydrogen) atoms. The van der Waals surface area contributed by atoms with Gasteiger partial charge in [0, 0.05) is 75.5 Å². The smallest absolute Gasteiger partial charge is 0.338 e. The van der Waals surface area contributed by atoms with E-state index in [0.717, 1.165) is 49.9 Å². The minimum absolute atomic E-state index is 0.00289. The maximum atomic E-state index is 15.5. The Bertz CT molecular complexity index is 4030. The van der Waals surface area contributed by atoms with Gasteiger partial charge in [-0.15, -0.1) is 0 Å². The molecule has 1 saturated heterocycles. The number of unbranched alkanes of at least 4 members (excludes halogenated alkanes) is 1. The molecule has 2 heterocycles. The number of carbonyl (C=O) groups is 7. The summed E-state index contributed by atoms with van der Waals surface area (Å²) < 4.78 is 41.9. The standard InChI is InChI=1S/C47H51NO14.C33H36N2O3/c1-25-31(60-43(56)36(52)35(28-16-10-7-11-17-28)48-41(54)29-18-12-8-13-19-29)23-47(57)40(61-42(55)30-20-14-9-15-21-30)38-45(6,32(51)22-33-46(38,24-58-33)62-27(3)50)39(53)37(59-26(2)49)34(25)44(47,4)5;1-37-32-24-29(19-20-31(32)38-26-28-15-6-3-7-16-28)25-35(23-21-30-17-10-11-22-34-30)33(36)18-9-8-14-27-12-4-2-5-13-27/h7-21,31-33,35-38,40,51-52,57H,22-24H2,1-6H3,(H,48,54);2-7,10-13,15-17,19-20,22,24H,8-9,14,18,21,23,25-26H2,1H3/t31-,32-,33+,35-,36+,37+,38-,40-,45+,46-,47+;/m0./s1. The predicted molar refractivity (Wildman–Crippen MR) is 369 cm³/mol. The first-order valence-corrected chi connectivity index (χ1v) is 33.7. The molecule has 20 heteroatoms. The quantitative estimate of drug-likeness (QED) is 0.0189. The number of amides is 2. The molecule has 11 atom stereocenters. The highest BCUT2D eigenvalue weighted by molar-refractivity contribution is 5.96. The summed E-state index contributed by atoms with van der Waals surface area (Å²) in [6, 6.07) is 55.2. The number of ketones is 1. The van der Waals surface area contributed by atoms with Crippen molar-refractivity contribution >= 4 is 41.5 Å². The second-order valence-electron chi connectivity index (χ2n) is 26.7. The molecule has 1 aliphatic heterocycles. The largest absolute Gasteiger partial charge is 0.493 e. The van der Waals surface area contributed by atoms with E-state index in [-0.39, 0.29) is 41.2 Å². The molecule has 2 amide bonds. The average Bonchev–Trinajstić information content (AvgIpc) is 0.669. The Morgan fingerprint density at radius 2 is 1.33 bits per heavy atom. The first-order chi connectivity index (χ1) is 48.0. The third kappa shape index (κ3) is 15.9. The lowest BCUT2D eigenvalue weighted by atomic mass is 9.44. The zero-order valence-electron chi connectivity index (χ0n) is 57.3. The Morgan fingerprint density at radius 1 is 0.710 bits per heavy atom. The van der Waals surface area contributed by atoms with E-state index in [9.17, 15) is 44.1 Å². The zero-order chi connectivity index (χ0) is 71.4. The van der Waals surface area contributed by atoms with E-state index in [0.29, 0.717) is 49.6 Å². The van der Waals surface area contributed by atoms with Crippen LogP contribution in [-0.2, 0) is 73.7 Å². The van der Waals surface area contributed by atoms with Crippen molar-refractivity contribution in [3.05, 3.63) is 244 Å². The number of Topliss-reactive ketones (excluding diaryl/α,β-unsaturated/α-hetero) is 1. The fraction of sp³-hybridized carbons (Fsp3) is 0.375. The molecule has 0 spiro atoms. The predicted octanol–water partition coefficient (Wildman–Crippen LogP) is 10.4. The molecule has 0 radical (unpaired) electrons. The van der Waals surface area contributed by atoms with Gasteiger partial charge in [0.15, 0.2) is 35.1 Å². The van der Waals surface area contributed by atoms with Crippen LogP contribution in [0.4, 0.5) is 0 Å². The molecular formula is C80H87N3O17. The molecule has 1 aromatic heterocycles. The molecule has 11 rings (SSSR count). The minimum atomic E-state index is -2.39. The summed E-state index contributed by atoms with van der Waals surface area (Å²) in [5.74, 6) is -5.32. The summed E-state index contributed by atoms with van der Waals surface area (Å²) >= 11 is 0. The Morgan fingerprint density at radius 3 is 1.93 bits per heavy atom. The highest BCUT2D eigenvalue weighted by Crippen LogP contribution is 2.64. The number of aryl methyl sites for hydroxylation is 1. The topological polar surface area (TPSA) is 273 Å². The van der Waals surface area contributed by atoms with Crippen LogP contribution in [0.1, 0.15) is 128 Å². The Balaban J connectivity index is 0.000000243. The van der Waals surface area contributed by atoms with E-state index in [1.54, 1.807) is 106 Å². The molecule has 7 aromatic rings. The van der Waals surface area contributed by atoms with Crippen LogP contribution < -0.4 is 14.8 Å². The lowest BCUT2D eigenvalue weighted by Crippen LogP contribution is -2.82. The fourth-order valence-corrected chi connectivity index (χ4v) is 14.6. The van der Waals surface area contributed by atoms with E-state index in [1.807, 2.05) is 77.7 Å². The first-order valence-electron chi connectivity index (χ1n) is 33.7. The monoisotopic (exact) mass is 1360 g/mol. The number of pyridine rings is 1. The van der Waals surface area contributed by atoms with Gasteiger partial charge in [-0.3, -0.25) is 29.0 Å². The summed E-state index contributed by atoms with van der Waals surface area (Å²) in [5.41, 5.74) is -2.62. The molecule has 4 aliphatic rings. The van der Waals surface area contributed by atoms with Crippen molar-refractivity contribution in [1.29, 1.82) is 0 Å². The van der Waals surface area contributed by atoms with Gasteiger partial charge in [-0.1, -0.05) is 153 Å². The molecule has 524 valence electrons. The SMILES string of the molecule is CC(=O)O[C@H]1C(=O)[C@@]2(C)[C@H]([C@H](OC(=O)c3ccccc3)[C@]3(O)C[C@H](OC(=O)[C@H](O)[C@@H](NC(=O)c4ccccc4)c4ccccc4)C(C)=C1C3(C)C)[C@]1(OC(C)=O)CO[C@@H]1C[C@@H]2O.COc1cc(CN(CCc2ccccn2)C(=O)CCCCc2ccccc2)ccc1OCc1ccccc1. The van der Waals surface area contributed by atoms with Crippen molar-refractivity contribution in [1.82, 2.24) is 15.2 Å². The van der Waals surface area contributed by atoms with Gasteiger partial charge in [-0.25, -0.2) is 9.59 Å². The Labute approximate surface area is 582 Å². The number of hydrogen-bond acceptors (Lipinski definition) is 18. The van der Waals surface area contributed by atoms with Crippen LogP contribution in [0.3, 0.4) is 0 Å². The lowest BCUT2D eigenvalue weighted by Gasteiger charge is -2.67. The zero-order valence-corrected chi connectivity index (χ0v) is 57.3. The molecule has 4 N–H and O–H groups in total. The molecule has 3 aliphatic carbocycles. The second-order valence-corrected chi connectivity index (χ2v) is 26.7. The second kappa shape index (κ2) is 32.0. The van der Waals surface area contributed by atoms with Gasteiger partial charge in [0.05, 0.1) is 42.8 Å². The van der Waals surface area contributed by atoms with Gasteiger partial charge < -0.3 is 58.7 Å². The number of aromatic nitrogens is 1. The first kappa shape index (κ1) is 72.9. The van der Waals surface area contributed by atoms with E-state index in [1.165, 1.54) is 31.5 Å². The third-order valence-corrected chi connectivity index (χ3v) is 20.0. The van der Waals surface area contributed by atoms with Gasteiger partial charge in [0.1, 0.15) is 30.5 Å². The van der Waals surface area contributed by atoms with E-state index in [4.69, 9.17) is 33.2 Å². The maximum absolute atomic E-state index is 15.5. The van der Waals surface area contributed by atoms with E-state index in [2.05, 4.69) is 34.6 Å². The van der Waals surface area contributed by atoms with E-state index >= 15 is 4.79 Å². The number of nitrogens with one attached hydrogen (secondary N) is 1. The number of rotatable bonds is 24. The summed E-state index contributed by atoms with van der Waals surface area (Å²) in [5, 5.41) is 40.2. The van der Waals surface area contributed by atoms with Crippen molar-refractivity contribution in [2.75, 3.05) is 20.3 Å². The van der Waals surface area contributed by atoms with Crippen LogP contribution in [0.2, 0.25) is 0 Å². The summed E-state index contributed by atoms with van der Waals surface area (Å²) in [6.45, 7) is 9.57. The number of hydrogen-bond donors (Lipinski definition) is 4. The number of fused-ring (bicyclic) bond motifs is 5. The molecule has 0 unspecified atom stereocenters. The van der Waals surface area contributed by atoms with Crippen molar-refractivity contribution < 1.29 is 82.0 Å². The summed E-state index contributed by atoms with van der Waals surface area (Å²) in [4.78, 5) is 103. The highest BCUT2D eigenvalue weighted by Gasteiger charge is 2.78. The van der Waals surface area contributed by atoms with Gasteiger partial charge in [0.25, 0.3) is 5.91 Å². The number of ether oxygens (including phenoxy) is 7. The van der Waals surface area contributed by atoms with Crippen LogP contribution >= 0.6 is 0 Å². The number of nitrogens with zero attached hydrogens (tertiary/aromatic N) is 2. The van der Waals surface area contributed by atoms with Gasteiger partial charge >= 0.3 is 23.9 Å². The van der Waals surface area contributed by atoms with Crippen molar-refractivity contribution in [3.8, 4) is 11.5 Å². The summed E-state index contributed by atoms with van der Waals surface area (Å²) in [7, 11) is 1.64. The Hall–Kier alpha value is -9.86. The number of esters is 4. The molecule has 2 bridgehead atoms. The lowest BCUT2D eigenvalue weighted by molar-refractivity contribution is -0.346. The van der Waals surface area contributed by atoms with Crippen LogP contribution in [0, 0.1) is 16.7 Å². The van der Waals surface area contributed by atoms with Crippen LogP contribution in [0.5, 0.6) is 11.5 Å². The average molecular weight is 1360 g/mol. The number of carbonyl (C=O) groups excluding carboxylic acids is 7. The number of aliphatic hydroxyl groups excluding tert-OH is 2. The van der Waals surface area contributed by atoms with Crippen molar-refractivity contribution in [2.24, 2.45) is 16.7 Å². The van der Waals surface area contributed by atoms with Crippen LogP contribution in [-0.4, -0.2) is 135 Å². The van der Waals surface area contributed by atoms with Crippen LogP contribution in [0.15, 0.2) is 205 Å². The maximum Gasteiger partial charge on any atom is 0.338 e. The molecule has 3 fully saturated rings. The van der Waals surface area contributed by atoms with Gasteiger partial charge in [0.2, 0.25) is 5.91 Å². The number of benzene rings is 6. The highest BCUT2D eigenvalue weighted by atomic mass is 16.6. The number of methoxy groups -OCH3 is 1. The van der Waals surface area contributed by atoms with E-state index < -0.39 is 113 Å². The minimum Gasteiger partial charge on any atom is -0.493 e. The van der Waals surface area contributed by atoms with Gasteiger partial charge in [-0.2, -0.15) is 0 Å².